The Morgan fingerprint density at radius 1 is 1.22 bits per heavy atom. The van der Waals surface area contributed by atoms with Gasteiger partial charge in [0.2, 0.25) is 0 Å². The predicted octanol–water partition coefficient (Wildman–Crippen LogP) is 6.49. The summed E-state index contributed by atoms with van der Waals surface area (Å²) in [6, 6.07) is 10.3. The molecule has 0 aliphatic heterocycles. The van der Waals surface area contributed by atoms with E-state index in [1.165, 1.54) is 12.1 Å². The summed E-state index contributed by atoms with van der Waals surface area (Å²) in [6.07, 6.45) is -1.79. The number of aryl methyl sites for hydroxylation is 1. The zero-order valence-corrected chi connectivity index (χ0v) is 18.3. The van der Waals surface area contributed by atoms with Crippen LogP contribution in [0.15, 0.2) is 42.6 Å². The van der Waals surface area contributed by atoms with Crippen LogP contribution in [0.5, 0.6) is 0 Å². The first-order valence-electron chi connectivity index (χ1n) is 11.2. The summed E-state index contributed by atoms with van der Waals surface area (Å²) >= 11 is 0. The van der Waals surface area contributed by atoms with Crippen molar-refractivity contribution in [3.63, 3.8) is 0 Å². The van der Waals surface area contributed by atoms with Crippen molar-refractivity contribution in [2.75, 3.05) is 0 Å². The first kappa shape index (κ1) is 22.8. The third-order valence-electron chi connectivity index (χ3n) is 7.30. The molecule has 0 amide bonds. The minimum Gasteiger partial charge on any atom is -0.384 e. The number of alkyl halides is 3. The Morgan fingerprint density at radius 3 is 2.59 bits per heavy atom. The van der Waals surface area contributed by atoms with Crippen LogP contribution < -0.4 is 0 Å². The highest BCUT2D eigenvalue weighted by Gasteiger charge is 2.43. The molecule has 0 saturated carbocycles. The van der Waals surface area contributed by atoms with Gasteiger partial charge in [0.1, 0.15) is 11.9 Å². The first-order chi connectivity index (χ1) is 15.2. The van der Waals surface area contributed by atoms with E-state index in [1.54, 1.807) is 23.0 Å². The van der Waals surface area contributed by atoms with E-state index in [1.807, 2.05) is 6.92 Å². The summed E-state index contributed by atoms with van der Waals surface area (Å²) in [4.78, 5) is 0. The Morgan fingerprint density at radius 2 is 1.94 bits per heavy atom. The minimum absolute atomic E-state index is 0.193. The Labute approximate surface area is 185 Å². The maximum absolute atomic E-state index is 13.4. The van der Waals surface area contributed by atoms with Crippen LogP contribution in [0.4, 0.5) is 17.6 Å². The molecule has 3 unspecified atom stereocenters. The topological polar surface area (TPSA) is 38.1 Å². The zero-order chi connectivity index (χ0) is 23.1. The summed E-state index contributed by atoms with van der Waals surface area (Å²) in [5, 5.41) is 15.1. The lowest BCUT2D eigenvalue weighted by molar-refractivity contribution is -0.206. The van der Waals surface area contributed by atoms with Gasteiger partial charge < -0.3 is 5.11 Å². The quantitative estimate of drug-likeness (QED) is 0.358. The number of halogens is 4. The summed E-state index contributed by atoms with van der Waals surface area (Å²) in [6.45, 7) is 4.14. The summed E-state index contributed by atoms with van der Waals surface area (Å²) in [7, 11) is 0. The molecule has 2 aromatic carbocycles. The molecule has 1 aromatic heterocycles. The molecule has 32 heavy (non-hydrogen) atoms. The van der Waals surface area contributed by atoms with Crippen molar-refractivity contribution in [3.05, 3.63) is 59.5 Å². The van der Waals surface area contributed by atoms with Crippen LogP contribution in [0.3, 0.4) is 0 Å². The number of aliphatic hydroxyl groups excluding tert-OH is 1. The zero-order valence-electron chi connectivity index (χ0n) is 18.3. The molecular formula is C25H28F4N2O. The molecule has 4 rings (SSSR count). The standard InChI is InChI=1S/C25H28F4N2O/c1-3-24(12-11-23(32)25(27,28)29)16(2)5-4-6-17-14-22-18(13-21(17)24)15-30-31(22)20-9-7-19(26)8-10-20/h7-10,13-16,23,32H,3-6,11-12H2,1-2H3. The third kappa shape index (κ3) is 4.03. The molecule has 0 radical (unpaired) electrons. The molecular weight excluding hydrogens is 420 g/mol. The van der Waals surface area contributed by atoms with Gasteiger partial charge in [-0.15, -0.1) is 0 Å². The second-order valence-electron chi connectivity index (χ2n) is 9.00. The fourth-order valence-electron chi connectivity index (χ4n) is 5.37. The molecule has 3 nitrogen and oxygen atoms in total. The molecule has 3 aromatic rings. The highest BCUT2D eigenvalue weighted by atomic mass is 19.4. The molecule has 0 fully saturated rings. The Balaban J connectivity index is 1.80. The number of aromatic nitrogens is 2. The van der Waals surface area contributed by atoms with Crippen molar-refractivity contribution in [1.82, 2.24) is 9.78 Å². The van der Waals surface area contributed by atoms with E-state index in [2.05, 4.69) is 24.2 Å². The monoisotopic (exact) mass is 448 g/mol. The smallest absolute Gasteiger partial charge is 0.384 e. The molecule has 1 aliphatic carbocycles. The second-order valence-corrected chi connectivity index (χ2v) is 9.00. The largest absolute Gasteiger partial charge is 0.414 e. The Hall–Kier alpha value is -2.41. The highest BCUT2D eigenvalue weighted by molar-refractivity contribution is 5.82. The molecule has 172 valence electrons. The average Bonchev–Trinajstić information content (AvgIpc) is 3.11. The van der Waals surface area contributed by atoms with Gasteiger partial charge in [0.25, 0.3) is 0 Å². The number of hydrogen-bond acceptors (Lipinski definition) is 2. The van der Waals surface area contributed by atoms with Gasteiger partial charge in [-0.3, -0.25) is 0 Å². The van der Waals surface area contributed by atoms with Crippen LogP contribution in [-0.2, 0) is 11.8 Å². The van der Waals surface area contributed by atoms with E-state index in [-0.39, 0.29) is 24.6 Å². The van der Waals surface area contributed by atoms with Crippen LogP contribution in [0.1, 0.15) is 57.1 Å². The molecule has 1 heterocycles. The van der Waals surface area contributed by atoms with Crippen molar-refractivity contribution in [2.45, 2.75) is 70.1 Å². The van der Waals surface area contributed by atoms with Crippen molar-refractivity contribution >= 4 is 10.9 Å². The lowest BCUT2D eigenvalue weighted by Crippen LogP contribution is -2.37. The normalized spacial score (nSPS) is 22.5. The first-order valence-corrected chi connectivity index (χ1v) is 11.2. The van der Waals surface area contributed by atoms with Gasteiger partial charge in [0.15, 0.2) is 0 Å². The van der Waals surface area contributed by atoms with Gasteiger partial charge in [-0.25, -0.2) is 9.07 Å². The third-order valence-corrected chi connectivity index (χ3v) is 7.30. The van der Waals surface area contributed by atoms with Gasteiger partial charge in [-0.2, -0.15) is 18.3 Å². The number of benzene rings is 2. The predicted molar refractivity (Wildman–Crippen MR) is 116 cm³/mol. The number of hydrogen-bond donors (Lipinski definition) is 1. The van der Waals surface area contributed by atoms with Crippen LogP contribution in [0.2, 0.25) is 0 Å². The minimum atomic E-state index is -4.61. The fourth-order valence-corrected chi connectivity index (χ4v) is 5.37. The van der Waals surface area contributed by atoms with Gasteiger partial charge in [0.05, 0.1) is 17.4 Å². The lowest BCUT2D eigenvalue weighted by Gasteiger charge is -2.40. The van der Waals surface area contributed by atoms with E-state index in [9.17, 15) is 22.7 Å². The molecule has 0 bridgehead atoms. The van der Waals surface area contributed by atoms with E-state index in [0.717, 1.165) is 47.0 Å². The van der Waals surface area contributed by atoms with Gasteiger partial charge >= 0.3 is 6.18 Å². The van der Waals surface area contributed by atoms with E-state index in [0.29, 0.717) is 6.42 Å². The van der Waals surface area contributed by atoms with Gasteiger partial charge in [0, 0.05) is 5.39 Å². The summed E-state index contributed by atoms with van der Waals surface area (Å²) in [5.41, 5.74) is 3.40. The number of fused-ring (bicyclic) bond motifs is 2. The summed E-state index contributed by atoms with van der Waals surface area (Å²) < 4.78 is 54.2. The second kappa shape index (κ2) is 8.50. The molecule has 7 heteroatoms. The SMILES string of the molecule is CCC1(CCC(O)C(F)(F)F)c2cc3cnn(-c4ccc(F)cc4)c3cc2CCCC1C. The molecule has 0 spiro atoms. The van der Waals surface area contributed by atoms with Crippen molar-refractivity contribution in [3.8, 4) is 5.69 Å². The molecule has 0 saturated heterocycles. The van der Waals surface area contributed by atoms with Crippen LogP contribution in [0.25, 0.3) is 16.6 Å². The Bertz CT molecular complexity index is 1090. The van der Waals surface area contributed by atoms with Crippen molar-refractivity contribution in [1.29, 1.82) is 0 Å². The average molecular weight is 449 g/mol. The van der Waals surface area contributed by atoms with Crippen LogP contribution in [-0.4, -0.2) is 27.2 Å². The maximum atomic E-state index is 13.4. The van der Waals surface area contributed by atoms with E-state index in [4.69, 9.17) is 0 Å². The highest BCUT2D eigenvalue weighted by Crippen LogP contribution is 2.48. The number of aliphatic hydroxyl groups is 1. The van der Waals surface area contributed by atoms with Gasteiger partial charge in [-0.05, 0) is 97.4 Å². The summed E-state index contributed by atoms with van der Waals surface area (Å²) in [5.74, 6) is -0.124. The molecule has 1 aliphatic rings. The van der Waals surface area contributed by atoms with Crippen molar-refractivity contribution in [2.24, 2.45) is 5.92 Å². The van der Waals surface area contributed by atoms with E-state index < -0.39 is 17.7 Å². The number of nitrogens with zero attached hydrogens (tertiary/aromatic N) is 2. The van der Waals surface area contributed by atoms with E-state index >= 15 is 0 Å². The van der Waals surface area contributed by atoms with Crippen molar-refractivity contribution < 1.29 is 22.7 Å². The van der Waals surface area contributed by atoms with Gasteiger partial charge in [-0.1, -0.05) is 13.8 Å². The Kier molecular flexibility index (Phi) is 6.05. The lowest BCUT2D eigenvalue weighted by atomic mass is 9.65. The molecule has 3 atom stereocenters. The fraction of sp³-hybridized carbons (Fsp3) is 0.480. The molecule has 1 N–H and O–H groups in total. The van der Waals surface area contributed by atoms with Crippen LogP contribution >= 0.6 is 0 Å². The maximum Gasteiger partial charge on any atom is 0.414 e. The number of rotatable bonds is 5. The van der Waals surface area contributed by atoms with Crippen LogP contribution in [0, 0.1) is 11.7 Å².